The fourth-order valence-electron chi connectivity index (χ4n) is 1.73. The molecule has 0 radical (unpaired) electrons. The fraction of sp³-hybridized carbons (Fsp3) is 0.222. The Balaban J connectivity index is 0.000000570. The van der Waals surface area contributed by atoms with Gasteiger partial charge in [-0.25, -0.2) is 4.39 Å². The van der Waals surface area contributed by atoms with E-state index in [1.807, 2.05) is 31.1 Å². The van der Waals surface area contributed by atoms with Gasteiger partial charge in [0.25, 0.3) is 0 Å². The second-order valence-electron chi connectivity index (χ2n) is 5.11. The van der Waals surface area contributed by atoms with Crippen LogP contribution >= 0.6 is 0 Å². The molecule has 132 valence electrons. The van der Waals surface area contributed by atoms with E-state index >= 15 is 0 Å². The van der Waals surface area contributed by atoms with E-state index in [2.05, 4.69) is 11.1 Å². The Morgan fingerprint density at radius 3 is 2.42 bits per heavy atom. The Morgan fingerprint density at radius 2 is 1.96 bits per heavy atom. The van der Waals surface area contributed by atoms with Crippen LogP contribution in [-0.2, 0) is 25.9 Å². The summed E-state index contributed by atoms with van der Waals surface area (Å²) in [5.74, 6) is -0.335. The van der Waals surface area contributed by atoms with E-state index in [0.29, 0.717) is 5.56 Å². The molecule has 2 rings (SSSR count). The first kappa shape index (κ1) is 22.0. The third-order valence-electron chi connectivity index (χ3n) is 2.71. The maximum absolute atomic E-state index is 13.1. The number of pyridine rings is 1. The topological polar surface area (TPSA) is 53.4 Å². The molecule has 24 heavy (non-hydrogen) atoms. The van der Waals surface area contributed by atoms with Gasteiger partial charge in [-0.05, 0) is 25.6 Å². The number of benzene rings is 1. The van der Waals surface area contributed by atoms with Crippen molar-refractivity contribution in [1.29, 1.82) is 0 Å². The van der Waals surface area contributed by atoms with Gasteiger partial charge in [-0.3, -0.25) is 4.79 Å². The summed E-state index contributed by atoms with van der Waals surface area (Å²) in [5, 5.41) is 8.36. The minimum atomic E-state index is -0.272. The van der Waals surface area contributed by atoms with Gasteiger partial charge in [0.2, 0.25) is 0 Å². The molecule has 0 aliphatic rings. The number of anilines is 1. The zero-order valence-corrected chi connectivity index (χ0v) is 16.3. The first-order chi connectivity index (χ1) is 10.8. The molecule has 0 unspecified atom stereocenters. The fourth-order valence-corrected chi connectivity index (χ4v) is 1.73. The molecule has 1 heterocycles. The van der Waals surface area contributed by atoms with Crippen molar-refractivity contribution in [2.24, 2.45) is 0 Å². The van der Waals surface area contributed by atoms with E-state index in [0.717, 1.165) is 11.4 Å². The summed E-state index contributed by atoms with van der Waals surface area (Å²) in [6.45, 7) is 2.85. The van der Waals surface area contributed by atoms with E-state index in [4.69, 9.17) is 5.11 Å². The Hall–Kier alpha value is -2.00. The monoisotopic (exact) mass is 510 g/mol. The number of carbonyl (C=O) groups excluding carboxylic acids is 1. The van der Waals surface area contributed by atoms with Crippen LogP contribution in [0.4, 0.5) is 10.1 Å². The van der Waals surface area contributed by atoms with Gasteiger partial charge < -0.3 is 15.0 Å². The number of allylic oxidation sites excluding steroid dienone is 2. The number of halogens is 1. The normalized spacial score (nSPS) is 10.1. The predicted molar refractivity (Wildman–Crippen MR) is 89.9 cm³/mol. The van der Waals surface area contributed by atoms with Crippen molar-refractivity contribution < 1.29 is 35.4 Å². The molecule has 0 amide bonds. The Labute approximate surface area is 156 Å². The van der Waals surface area contributed by atoms with Gasteiger partial charge in [0.15, 0.2) is 5.78 Å². The van der Waals surface area contributed by atoms with Crippen LogP contribution in [-0.4, -0.2) is 30.0 Å². The SMILES string of the molecule is CC(=O)/C=C(/C)O.CN(C)c1ccnc(-c2[c-]ccc(F)c2)c1.[Pt]. The van der Waals surface area contributed by atoms with Crippen molar-refractivity contribution in [2.45, 2.75) is 13.8 Å². The van der Waals surface area contributed by atoms with Crippen LogP contribution < -0.4 is 4.90 Å². The Morgan fingerprint density at radius 1 is 1.29 bits per heavy atom. The van der Waals surface area contributed by atoms with Crippen LogP contribution in [0.3, 0.4) is 0 Å². The summed E-state index contributed by atoms with van der Waals surface area (Å²) in [6, 6.07) is 11.2. The van der Waals surface area contributed by atoms with Crippen LogP contribution in [0, 0.1) is 11.9 Å². The molecule has 6 heteroatoms. The third-order valence-corrected chi connectivity index (χ3v) is 2.71. The number of hydrogen-bond donors (Lipinski definition) is 1. The molecule has 1 aromatic heterocycles. The van der Waals surface area contributed by atoms with E-state index < -0.39 is 0 Å². The minimum Gasteiger partial charge on any atom is -0.512 e. The average Bonchev–Trinajstić information content (AvgIpc) is 2.46. The minimum absolute atomic E-state index is 0. The summed E-state index contributed by atoms with van der Waals surface area (Å²) in [7, 11) is 3.91. The first-order valence-electron chi connectivity index (χ1n) is 6.98. The smallest absolute Gasteiger partial charge is 0.155 e. The summed E-state index contributed by atoms with van der Waals surface area (Å²) in [5.41, 5.74) is 2.43. The Kier molecular flexibility index (Phi) is 9.82. The first-order valence-corrected chi connectivity index (χ1v) is 6.98. The molecular weight excluding hydrogens is 490 g/mol. The van der Waals surface area contributed by atoms with Crippen molar-refractivity contribution in [3.8, 4) is 11.3 Å². The predicted octanol–water partition coefficient (Wildman–Crippen LogP) is 3.79. The van der Waals surface area contributed by atoms with Crippen molar-refractivity contribution in [1.82, 2.24) is 4.98 Å². The molecule has 4 nitrogen and oxygen atoms in total. The maximum atomic E-state index is 13.1. The number of rotatable bonds is 3. The van der Waals surface area contributed by atoms with Crippen LogP contribution in [0.2, 0.25) is 0 Å². The van der Waals surface area contributed by atoms with E-state index in [9.17, 15) is 9.18 Å². The number of carbonyl (C=O) groups is 1. The quantitative estimate of drug-likeness (QED) is 0.388. The molecule has 0 saturated carbocycles. The molecular formula is C18H20FN2O2Pt-. The third kappa shape index (κ3) is 8.02. The molecule has 0 fully saturated rings. The zero-order valence-electron chi connectivity index (χ0n) is 14.0. The van der Waals surface area contributed by atoms with E-state index in [-0.39, 0.29) is 38.4 Å². The van der Waals surface area contributed by atoms with Gasteiger partial charge in [0.05, 0.1) is 5.76 Å². The maximum Gasteiger partial charge on any atom is 0.155 e. The van der Waals surface area contributed by atoms with E-state index in [1.54, 1.807) is 12.3 Å². The molecule has 1 aromatic carbocycles. The van der Waals surface area contributed by atoms with Gasteiger partial charge in [-0.1, -0.05) is 6.07 Å². The van der Waals surface area contributed by atoms with Crippen molar-refractivity contribution in [2.75, 3.05) is 19.0 Å². The van der Waals surface area contributed by atoms with Crippen LogP contribution in [0.5, 0.6) is 0 Å². The summed E-state index contributed by atoms with van der Waals surface area (Å²) >= 11 is 0. The largest absolute Gasteiger partial charge is 0.512 e. The Bertz CT molecular complexity index is 699. The van der Waals surface area contributed by atoms with E-state index in [1.165, 1.54) is 32.1 Å². The molecule has 2 aromatic rings. The van der Waals surface area contributed by atoms with Gasteiger partial charge in [0, 0.05) is 58.9 Å². The number of aromatic nitrogens is 1. The molecule has 0 spiro atoms. The van der Waals surface area contributed by atoms with Crippen molar-refractivity contribution in [3.05, 3.63) is 60.2 Å². The molecule has 1 N–H and O–H groups in total. The molecule has 0 aliphatic carbocycles. The standard InChI is InChI=1S/C13H12FN2.C5H8O2.Pt/c1-16(2)12-6-7-15-13(9-12)10-4-3-5-11(14)8-10;1-4(6)3-5(2)7;/h3,5-9H,1-2H3;3,6H,1-2H3;/q-1;;/b;4-3-;. The number of nitrogens with zero attached hydrogens (tertiary/aromatic N) is 2. The summed E-state index contributed by atoms with van der Waals surface area (Å²) < 4.78 is 13.1. The second-order valence-corrected chi connectivity index (χ2v) is 5.11. The van der Waals surface area contributed by atoms with Gasteiger partial charge >= 0.3 is 0 Å². The molecule has 0 atom stereocenters. The molecule has 0 saturated heterocycles. The van der Waals surface area contributed by atoms with Crippen molar-refractivity contribution in [3.63, 3.8) is 0 Å². The second kappa shape index (κ2) is 10.7. The molecule has 0 bridgehead atoms. The number of ketones is 1. The summed E-state index contributed by atoms with van der Waals surface area (Å²) in [4.78, 5) is 16.2. The number of hydrogen-bond acceptors (Lipinski definition) is 4. The van der Waals surface area contributed by atoms with Crippen LogP contribution in [0.1, 0.15) is 13.8 Å². The van der Waals surface area contributed by atoms with Gasteiger partial charge in [-0.15, -0.1) is 29.8 Å². The summed E-state index contributed by atoms with van der Waals surface area (Å²) in [6.07, 6.45) is 2.88. The number of aliphatic hydroxyl groups excluding tert-OH is 1. The number of aliphatic hydroxyl groups is 1. The molecule has 0 aliphatic heterocycles. The van der Waals surface area contributed by atoms with Crippen molar-refractivity contribution >= 4 is 11.5 Å². The van der Waals surface area contributed by atoms with Gasteiger partial charge in [-0.2, -0.15) is 0 Å². The van der Waals surface area contributed by atoms with Crippen LogP contribution in [0.25, 0.3) is 11.3 Å². The van der Waals surface area contributed by atoms with Crippen LogP contribution in [0.15, 0.2) is 48.4 Å². The zero-order chi connectivity index (χ0) is 17.4. The average molecular weight is 510 g/mol. The van der Waals surface area contributed by atoms with Gasteiger partial charge in [0.1, 0.15) is 0 Å².